The van der Waals surface area contributed by atoms with E-state index in [-0.39, 0.29) is 5.92 Å². The van der Waals surface area contributed by atoms with Gasteiger partial charge < -0.3 is 5.32 Å². The highest BCUT2D eigenvalue weighted by Crippen LogP contribution is 2.15. The van der Waals surface area contributed by atoms with Crippen molar-refractivity contribution in [1.82, 2.24) is 5.32 Å². The van der Waals surface area contributed by atoms with E-state index in [0.29, 0.717) is 0 Å². The van der Waals surface area contributed by atoms with Gasteiger partial charge in [0, 0.05) is 6.04 Å². The maximum atomic E-state index is 11.9. The second kappa shape index (κ2) is 5.02. The Morgan fingerprint density at radius 3 is 2.14 bits per heavy atom. The van der Waals surface area contributed by atoms with Crippen molar-refractivity contribution in [2.45, 2.75) is 33.0 Å². The fourth-order valence-electron chi connectivity index (χ4n) is 0.878. The van der Waals surface area contributed by atoms with Crippen LogP contribution in [0.25, 0.3) is 0 Å². The van der Waals surface area contributed by atoms with Crippen LogP contribution in [-0.2, 0) is 4.79 Å². The second-order valence-electron chi connectivity index (χ2n) is 3.27. The highest BCUT2D eigenvalue weighted by atomic mass is 19.4. The lowest BCUT2D eigenvalue weighted by Gasteiger charge is -2.19. The van der Waals surface area contributed by atoms with Gasteiger partial charge in [-0.2, -0.15) is 13.2 Å². The topological polar surface area (TPSA) is 29.1 Å². The zero-order chi connectivity index (χ0) is 11.4. The number of hydrogen-bond acceptors (Lipinski definition) is 1. The molecule has 82 valence electrons. The van der Waals surface area contributed by atoms with Crippen molar-refractivity contribution in [3.63, 3.8) is 0 Å². The number of carbonyl (C=O) groups excluding carboxylic acids is 1. The first-order chi connectivity index (χ1) is 6.29. The lowest BCUT2D eigenvalue weighted by Crippen LogP contribution is -2.44. The van der Waals surface area contributed by atoms with Gasteiger partial charge >= 0.3 is 12.1 Å². The summed E-state index contributed by atoms with van der Waals surface area (Å²) in [5, 5.41) is 1.91. The van der Waals surface area contributed by atoms with E-state index in [4.69, 9.17) is 0 Å². The van der Waals surface area contributed by atoms with Gasteiger partial charge in [0.05, 0.1) is 0 Å². The summed E-state index contributed by atoms with van der Waals surface area (Å²) in [6, 6.07) is -0.575. The smallest absolute Gasteiger partial charge is 0.342 e. The van der Waals surface area contributed by atoms with E-state index < -0.39 is 18.1 Å². The zero-order valence-corrected chi connectivity index (χ0v) is 8.35. The molecule has 0 aliphatic carbocycles. The molecule has 2 nitrogen and oxygen atoms in total. The average molecular weight is 209 g/mol. The maximum Gasteiger partial charge on any atom is 0.471 e. The minimum absolute atomic E-state index is 0.0718. The predicted octanol–water partition coefficient (Wildman–Crippen LogP) is 2.27. The van der Waals surface area contributed by atoms with Crippen LogP contribution in [-0.4, -0.2) is 18.1 Å². The molecule has 1 amide bonds. The van der Waals surface area contributed by atoms with Crippen molar-refractivity contribution < 1.29 is 18.0 Å². The minimum Gasteiger partial charge on any atom is -0.342 e. The summed E-state index contributed by atoms with van der Waals surface area (Å²) in [7, 11) is 0. The Morgan fingerprint density at radius 1 is 1.36 bits per heavy atom. The van der Waals surface area contributed by atoms with E-state index in [2.05, 4.69) is 0 Å². The van der Waals surface area contributed by atoms with Crippen molar-refractivity contribution >= 4 is 5.91 Å². The first-order valence-electron chi connectivity index (χ1n) is 4.29. The molecule has 0 spiro atoms. The normalized spacial score (nSPS) is 14.8. The van der Waals surface area contributed by atoms with Crippen LogP contribution in [0.1, 0.15) is 20.8 Å². The summed E-state index contributed by atoms with van der Waals surface area (Å²) in [5.74, 6) is -1.97. The maximum absolute atomic E-state index is 11.9. The van der Waals surface area contributed by atoms with E-state index in [1.165, 1.54) is 6.08 Å². The Kier molecular flexibility index (Phi) is 4.67. The van der Waals surface area contributed by atoms with Crippen LogP contribution < -0.4 is 5.32 Å². The summed E-state index contributed by atoms with van der Waals surface area (Å²) < 4.78 is 35.6. The fraction of sp³-hybridized carbons (Fsp3) is 0.667. The summed E-state index contributed by atoms with van der Waals surface area (Å²) in [6.07, 6.45) is -1.66. The Balaban J connectivity index is 4.39. The number of amides is 1. The number of rotatable bonds is 3. The largest absolute Gasteiger partial charge is 0.471 e. The number of halogens is 3. The minimum atomic E-state index is -4.81. The Bertz CT molecular complexity index is 221. The SMILES string of the molecule is C/C=C/C(NC(=O)C(F)(F)F)C(C)C. The molecule has 1 atom stereocenters. The van der Waals surface area contributed by atoms with E-state index in [9.17, 15) is 18.0 Å². The molecule has 0 bridgehead atoms. The first kappa shape index (κ1) is 13.0. The third kappa shape index (κ3) is 4.30. The van der Waals surface area contributed by atoms with Gasteiger partial charge in [-0.05, 0) is 12.8 Å². The van der Waals surface area contributed by atoms with Crippen LogP contribution in [0.5, 0.6) is 0 Å². The van der Waals surface area contributed by atoms with Crippen LogP contribution in [0.4, 0.5) is 13.2 Å². The van der Waals surface area contributed by atoms with Gasteiger partial charge in [-0.25, -0.2) is 0 Å². The molecule has 0 saturated carbocycles. The quantitative estimate of drug-likeness (QED) is 0.710. The number of allylic oxidation sites excluding steroid dienone is 1. The molecule has 0 heterocycles. The predicted molar refractivity (Wildman–Crippen MR) is 47.6 cm³/mol. The summed E-state index contributed by atoms with van der Waals surface area (Å²) in [4.78, 5) is 10.6. The average Bonchev–Trinajstić information content (AvgIpc) is 2.01. The first-order valence-corrected chi connectivity index (χ1v) is 4.29. The Morgan fingerprint density at radius 2 is 1.86 bits per heavy atom. The van der Waals surface area contributed by atoms with Crippen molar-refractivity contribution in [2.75, 3.05) is 0 Å². The zero-order valence-electron chi connectivity index (χ0n) is 8.35. The summed E-state index contributed by atoms with van der Waals surface area (Å²) in [5.41, 5.74) is 0. The highest BCUT2D eigenvalue weighted by Gasteiger charge is 2.39. The van der Waals surface area contributed by atoms with Crippen LogP contribution in [0, 0.1) is 5.92 Å². The third-order valence-electron chi connectivity index (χ3n) is 1.67. The van der Waals surface area contributed by atoms with Gasteiger partial charge in [0.25, 0.3) is 0 Å². The molecule has 0 aromatic rings. The van der Waals surface area contributed by atoms with Crippen LogP contribution in [0.3, 0.4) is 0 Å². The molecule has 5 heteroatoms. The van der Waals surface area contributed by atoms with Gasteiger partial charge in [0.1, 0.15) is 0 Å². The molecule has 0 aliphatic rings. The Hall–Kier alpha value is -1.00. The molecule has 1 unspecified atom stereocenters. The molecule has 0 aromatic carbocycles. The van der Waals surface area contributed by atoms with Crippen molar-refractivity contribution in [3.8, 4) is 0 Å². The number of carbonyl (C=O) groups is 1. The van der Waals surface area contributed by atoms with E-state index >= 15 is 0 Å². The second-order valence-corrected chi connectivity index (χ2v) is 3.27. The number of nitrogens with one attached hydrogen (secondary N) is 1. The lowest BCUT2D eigenvalue weighted by atomic mass is 10.0. The molecule has 0 saturated heterocycles. The monoisotopic (exact) mass is 209 g/mol. The standard InChI is InChI=1S/C9H14F3NO/c1-4-5-7(6(2)3)13-8(14)9(10,11)12/h4-7H,1-3H3,(H,13,14)/b5-4+. The molecule has 1 N–H and O–H groups in total. The van der Waals surface area contributed by atoms with Gasteiger partial charge in [-0.3, -0.25) is 4.79 Å². The molecule has 0 aromatic heterocycles. The van der Waals surface area contributed by atoms with Crippen molar-refractivity contribution in [2.24, 2.45) is 5.92 Å². The summed E-state index contributed by atoms with van der Waals surface area (Å²) in [6.45, 7) is 5.16. The molecule has 0 rings (SSSR count). The van der Waals surface area contributed by atoms with Crippen molar-refractivity contribution in [1.29, 1.82) is 0 Å². The molecular weight excluding hydrogens is 195 g/mol. The number of hydrogen-bond donors (Lipinski definition) is 1. The lowest BCUT2D eigenvalue weighted by molar-refractivity contribution is -0.174. The molecule has 0 radical (unpaired) electrons. The van der Waals surface area contributed by atoms with E-state index in [1.807, 2.05) is 5.32 Å². The van der Waals surface area contributed by atoms with E-state index in [0.717, 1.165) is 0 Å². The van der Waals surface area contributed by atoms with Gasteiger partial charge in [-0.1, -0.05) is 26.0 Å². The van der Waals surface area contributed by atoms with E-state index in [1.54, 1.807) is 26.8 Å². The summed E-state index contributed by atoms with van der Waals surface area (Å²) >= 11 is 0. The van der Waals surface area contributed by atoms with Gasteiger partial charge in [0.15, 0.2) is 0 Å². The fourth-order valence-corrected chi connectivity index (χ4v) is 0.878. The van der Waals surface area contributed by atoms with Crippen LogP contribution in [0.2, 0.25) is 0 Å². The van der Waals surface area contributed by atoms with Crippen molar-refractivity contribution in [3.05, 3.63) is 12.2 Å². The van der Waals surface area contributed by atoms with Gasteiger partial charge in [-0.15, -0.1) is 0 Å². The van der Waals surface area contributed by atoms with Crippen LogP contribution >= 0.6 is 0 Å². The van der Waals surface area contributed by atoms with Gasteiger partial charge in [0.2, 0.25) is 0 Å². The molecule has 0 aliphatic heterocycles. The number of alkyl halides is 3. The molecule has 0 fully saturated rings. The third-order valence-corrected chi connectivity index (χ3v) is 1.67. The highest BCUT2D eigenvalue weighted by molar-refractivity contribution is 5.82. The Labute approximate surface area is 81.2 Å². The molecular formula is C9H14F3NO. The van der Waals surface area contributed by atoms with Crippen LogP contribution in [0.15, 0.2) is 12.2 Å². The molecule has 14 heavy (non-hydrogen) atoms.